The van der Waals surface area contributed by atoms with Crippen LogP contribution in [-0.2, 0) is 11.3 Å². The zero-order chi connectivity index (χ0) is 40.3. The zero-order valence-corrected chi connectivity index (χ0v) is 32.5. The lowest BCUT2D eigenvalue weighted by atomic mass is 10.1. The summed E-state index contributed by atoms with van der Waals surface area (Å²) in [5.41, 5.74) is 8.88. The minimum absolute atomic E-state index is 0.243. The molecule has 57 heavy (non-hydrogen) atoms. The highest BCUT2D eigenvalue weighted by molar-refractivity contribution is 5.84. The molecule has 1 amide bonds. The summed E-state index contributed by atoms with van der Waals surface area (Å²) in [4.78, 5) is 32.1. The van der Waals surface area contributed by atoms with Crippen LogP contribution in [0.15, 0.2) is 84.9 Å². The Morgan fingerprint density at radius 2 is 1.19 bits per heavy atom. The lowest BCUT2D eigenvalue weighted by Gasteiger charge is -2.26. The van der Waals surface area contributed by atoms with Crippen LogP contribution in [0, 0.1) is 11.6 Å². The average molecular weight is 781 g/mol. The Morgan fingerprint density at radius 1 is 0.754 bits per heavy atom. The van der Waals surface area contributed by atoms with Crippen LogP contribution in [0.5, 0.6) is 23.0 Å². The van der Waals surface area contributed by atoms with Crippen LogP contribution in [0.1, 0.15) is 75.0 Å². The van der Waals surface area contributed by atoms with Crippen molar-refractivity contribution >= 4 is 34.3 Å². The molecule has 0 aliphatic carbocycles. The molecule has 1 atom stereocenters. The van der Waals surface area contributed by atoms with Gasteiger partial charge >= 0.3 is 0 Å². The predicted octanol–water partition coefficient (Wildman–Crippen LogP) is 7.59. The monoisotopic (exact) mass is 780 g/mol. The molecule has 1 unspecified atom stereocenters. The van der Waals surface area contributed by atoms with Gasteiger partial charge in [0.1, 0.15) is 40.5 Å². The largest absolute Gasteiger partial charge is 0.457 e. The summed E-state index contributed by atoms with van der Waals surface area (Å²) >= 11 is 0. The van der Waals surface area contributed by atoms with Crippen LogP contribution >= 0.6 is 0 Å². The Kier molecular flexibility index (Phi) is 14.0. The van der Waals surface area contributed by atoms with Crippen molar-refractivity contribution in [2.45, 2.75) is 71.1 Å². The third-order valence-corrected chi connectivity index (χ3v) is 9.97. The third kappa shape index (κ3) is 10.2. The summed E-state index contributed by atoms with van der Waals surface area (Å²) in [5.74, 6) is 2.73. The van der Waals surface area contributed by atoms with Gasteiger partial charge in [-0.3, -0.25) is 14.9 Å². The highest BCUT2D eigenvalue weighted by Crippen LogP contribution is 2.33. The van der Waals surface area contributed by atoms with Crippen LogP contribution in [0.3, 0.4) is 0 Å². The van der Waals surface area contributed by atoms with Crippen molar-refractivity contribution in [1.29, 1.82) is 0 Å². The van der Waals surface area contributed by atoms with E-state index >= 15 is 0 Å². The summed E-state index contributed by atoms with van der Waals surface area (Å²) in [6.45, 7) is 9.93. The second-order valence-electron chi connectivity index (χ2n) is 13.7. The van der Waals surface area contributed by atoms with Crippen LogP contribution in [-0.4, -0.2) is 63.5 Å². The van der Waals surface area contributed by atoms with Gasteiger partial charge in [-0.1, -0.05) is 13.8 Å². The number of primary amides is 1. The van der Waals surface area contributed by atoms with Gasteiger partial charge in [-0.05, 0) is 132 Å². The van der Waals surface area contributed by atoms with E-state index in [2.05, 4.69) is 25.5 Å². The van der Waals surface area contributed by atoms with Gasteiger partial charge in [-0.15, -0.1) is 0 Å². The van der Waals surface area contributed by atoms with Gasteiger partial charge in [-0.25, -0.2) is 18.7 Å². The van der Waals surface area contributed by atoms with Crippen molar-refractivity contribution in [3.63, 3.8) is 0 Å². The van der Waals surface area contributed by atoms with Crippen LogP contribution < -0.4 is 31.2 Å². The topological polar surface area (TPSA) is 150 Å². The number of rotatable bonds is 11. The maximum absolute atomic E-state index is 13.2. The van der Waals surface area contributed by atoms with E-state index in [0.717, 1.165) is 86.0 Å². The number of nitrogens with two attached hydrogens (primary N) is 1. The molecular weight excluding hydrogens is 731 g/mol. The number of imidazole rings is 2. The molecule has 6 aromatic rings. The molecule has 2 aliphatic heterocycles. The van der Waals surface area contributed by atoms with E-state index in [9.17, 15) is 18.4 Å². The maximum Gasteiger partial charge on any atom is 0.234 e. The molecule has 14 heteroatoms. The number of halogens is 2. The first-order valence-electron chi connectivity index (χ1n) is 19.5. The van der Waals surface area contributed by atoms with Gasteiger partial charge in [0.05, 0.1) is 34.7 Å². The number of aromatic nitrogens is 4. The van der Waals surface area contributed by atoms with E-state index in [1.54, 1.807) is 37.3 Å². The van der Waals surface area contributed by atoms with Gasteiger partial charge in [0, 0.05) is 24.2 Å². The van der Waals surface area contributed by atoms with Gasteiger partial charge in [0.2, 0.25) is 5.91 Å². The van der Waals surface area contributed by atoms with E-state index < -0.39 is 11.9 Å². The number of nitrogens with zero attached hydrogens (tertiary/aromatic N) is 4. The number of fused-ring (bicyclic) bond motifs is 2. The first-order chi connectivity index (χ1) is 27.7. The quantitative estimate of drug-likeness (QED) is 0.0976. The summed E-state index contributed by atoms with van der Waals surface area (Å²) < 4.78 is 42.2. The molecule has 8 rings (SSSR count). The number of carbonyl (C=O) groups excluding carboxylic acids is 2. The second kappa shape index (κ2) is 19.4. The fourth-order valence-corrected chi connectivity index (χ4v) is 7.09. The molecule has 2 fully saturated rings. The SMILES string of the molecule is CC.CC(NCc1nc2ccc(Oc3ccc(F)cc3)cc2n1C1CCNCC1)C(N)=O.O=Cc1nc2ccc(Oc3ccc(F)cc3)cc2n1C1CCNCC1. The summed E-state index contributed by atoms with van der Waals surface area (Å²) in [7, 11) is 0. The second-order valence-corrected chi connectivity index (χ2v) is 13.7. The zero-order valence-electron chi connectivity index (χ0n) is 32.5. The molecule has 300 valence electrons. The Hall–Kier alpha value is -5.70. The Bertz CT molecular complexity index is 2250. The number of amides is 1. The van der Waals surface area contributed by atoms with Crippen LogP contribution in [0.4, 0.5) is 8.78 Å². The normalized spacial score (nSPS) is 15.2. The maximum atomic E-state index is 13.2. The van der Waals surface area contributed by atoms with E-state index in [1.165, 1.54) is 24.3 Å². The van der Waals surface area contributed by atoms with Gasteiger partial charge in [0.25, 0.3) is 0 Å². The highest BCUT2D eigenvalue weighted by atomic mass is 19.1. The standard InChI is InChI=1S/C22H26FN5O2.C19H18FN3O2.C2H6/c1-14(22(24)29)26-13-21-27-19-7-6-18(30-17-4-2-15(23)3-5-17)12-20(19)28(21)16-8-10-25-11-9-16;20-13-1-3-15(4-2-13)25-16-5-6-17-18(11-16)23(19(12-24)22-17)14-7-9-21-10-8-14;1-2/h2-7,12,14,16,25-26H,8-11,13H2,1H3,(H2,24,29);1-6,11-12,14,21H,7-10H2;1-2H3. The Labute approximate surface area is 330 Å². The van der Waals surface area contributed by atoms with Crippen LogP contribution in [0.2, 0.25) is 0 Å². The lowest BCUT2D eigenvalue weighted by molar-refractivity contribution is -0.119. The van der Waals surface area contributed by atoms with Crippen molar-refractivity contribution in [3.8, 4) is 23.0 Å². The van der Waals surface area contributed by atoms with Crippen molar-refractivity contribution in [2.75, 3.05) is 26.2 Å². The molecule has 0 radical (unpaired) electrons. The fourth-order valence-electron chi connectivity index (χ4n) is 7.09. The molecule has 0 bridgehead atoms. The summed E-state index contributed by atoms with van der Waals surface area (Å²) in [6, 6.07) is 23.2. The molecule has 2 aromatic heterocycles. The number of benzene rings is 4. The number of piperidine rings is 2. The van der Waals surface area contributed by atoms with Gasteiger partial charge in [0.15, 0.2) is 12.1 Å². The first kappa shape index (κ1) is 40.9. The molecule has 12 nitrogen and oxygen atoms in total. The third-order valence-electron chi connectivity index (χ3n) is 9.97. The minimum Gasteiger partial charge on any atom is -0.457 e. The molecule has 2 saturated heterocycles. The van der Waals surface area contributed by atoms with E-state index in [1.807, 2.05) is 48.7 Å². The number of nitrogens with one attached hydrogen (secondary N) is 3. The Balaban J connectivity index is 0.000000187. The first-order valence-corrected chi connectivity index (χ1v) is 19.5. The molecule has 2 aliphatic rings. The predicted molar refractivity (Wildman–Crippen MR) is 217 cm³/mol. The lowest BCUT2D eigenvalue weighted by Crippen LogP contribution is -2.39. The summed E-state index contributed by atoms with van der Waals surface area (Å²) in [6.07, 6.45) is 4.70. The van der Waals surface area contributed by atoms with E-state index in [4.69, 9.17) is 20.2 Å². The van der Waals surface area contributed by atoms with Gasteiger partial charge < -0.3 is 35.0 Å². The molecule has 5 N–H and O–H groups in total. The minimum atomic E-state index is -0.441. The van der Waals surface area contributed by atoms with Crippen molar-refractivity contribution in [3.05, 3.63) is 108 Å². The van der Waals surface area contributed by atoms with Gasteiger partial charge in [-0.2, -0.15) is 0 Å². The number of ether oxygens (including phenoxy) is 2. The number of aldehydes is 1. The summed E-state index contributed by atoms with van der Waals surface area (Å²) in [5, 5.41) is 9.88. The molecule has 0 saturated carbocycles. The smallest absolute Gasteiger partial charge is 0.234 e. The number of hydrogen-bond acceptors (Lipinski definition) is 9. The van der Waals surface area contributed by atoms with E-state index in [0.29, 0.717) is 41.4 Å². The fraction of sp³-hybridized carbons (Fsp3) is 0.349. The number of hydrogen-bond donors (Lipinski definition) is 4. The average Bonchev–Trinajstić information content (AvgIpc) is 3.80. The van der Waals surface area contributed by atoms with Crippen molar-refractivity contribution in [2.24, 2.45) is 5.73 Å². The van der Waals surface area contributed by atoms with Crippen molar-refractivity contribution in [1.82, 2.24) is 35.1 Å². The molecule has 4 heterocycles. The molecule has 4 aromatic carbocycles. The molecular formula is C43H50F2N8O4. The van der Waals surface area contributed by atoms with Crippen molar-refractivity contribution < 1.29 is 27.8 Å². The Morgan fingerprint density at radius 3 is 1.67 bits per heavy atom. The highest BCUT2D eigenvalue weighted by Gasteiger charge is 2.23. The molecule has 0 spiro atoms. The number of carbonyl (C=O) groups is 2. The van der Waals surface area contributed by atoms with Crippen LogP contribution in [0.25, 0.3) is 22.1 Å². The van der Waals surface area contributed by atoms with E-state index in [-0.39, 0.29) is 17.7 Å².